The van der Waals surface area contributed by atoms with E-state index in [1.54, 1.807) is 12.1 Å². The monoisotopic (exact) mass is 276 g/mol. The first kappa shape index (κ1) is 14.0. The molecule has 2 heterocycles. The highest BCUT2D eigenvalue weighted by atomic mass is 19.1. The van der Waals surface area contributed by atoms with Gasteiger partial charge in [0.05, 0.1) is 0 Å². The molecule has 1 aromatic rings. The van der Waals surface area contributed by atoms with Crippen LogP contribution in [0.1, 0.15) is 37.7 Å². The summed E-state index contributed by atoms with van der Waals surface area (Å²) >= 11 is 0. The molecule has 3 rings (SSSR count). The van der Waals surface area contributed by atoms with Crippen LogP contribution in [-0.2, 0) is 6.54 Å². The summed E-state index contributed by atoms with van der Waals surface area (Å²) in [5, 5.41) is 0. The standard InChI is InChI=1S/C17H25FN2/c18-16-8-6-15(7-9-16)13-20-12-4-5-17(20)14-19-10-2-1-3-11-19/h6-9,17H,1-5,10-14H2. The molecule has 3 heteroatoms. The average Bonchev–Trinajstić information content (AvgIpc) is 2.90. The minimum absolute atomic E-state index is 0.139. The van der Waals surface area contributed by atoms with Crippen LogP contribution in [0, 0.1) is 5.82 Å². The average molecular weight is 276 g/mol. The van der Waals surface area contributed by atoms with Gasteiger partial charge in [0.2, 0.25) is 0 Å². The van der Waals surface area contributed by atoms with E-state index in [9.17, 15) is 4.39 Å². The van der Waals surface area contributed by atoms with Crippen LogP contribution in [0.25, 0.3) is 0 Å². The largest absolute Gasteiger partial charge is 0.302 e. The fraction of sp³-hybridized carbons (Fsp3) is 0.647. The Kier molecular flexibility index (Phi) is 4.69. The first-order valence-electron chi connectivity index (χ1n) is 8.02. The predicted octanol–water partition coefficient (Wildman–Crippen LogP) is 3.28. The highest BCUT2D eigenvalue weighted by molar-refractivity contribution is 5.16. The summed E-state index contributed by atoms with van der Waals surface area (Å²) in [7, 11) is 0. The molecule has 110 valence electrons. The van der Waals surface area contributed by atoms with Gasteiger partial charge < -0.3 is 4.90 Å². The van der Waals surface area contributed by atoms with E-state index >= 15 is 0 Å². The van der Waals surface area contributed by atoms with E-state index in [4.69, 9.17) is 0 Å². The molecular formula is C17H25FN2. The maximum Gasteiger partial charge on any atom is 0.123 e. The lowest BCUT2D eigenvalue weighted by atomic mass is 10.1. The van der Waals surface area contributed by atoms with Crippen molar-refractivity contribution in [1.29, 1.82) is 0 Å². The molecule has 0 bridgehead atoms. The first-order chi connectivity index (χ1) is 9.81. The molecule has 0 N–H and O–H groups in total. The Morgan fingerprint density at radius 1 is 0.950 bits per heavy atom. The lowest BCUT2D eigenvalue weighted by molar-refractivity contribution is 0.149. The molecule has 1 atom stereocenters. The van der Waals surface area contributed by atoms with Crippen LogP contribution in [0.5, 0.6) is 0 Å². The number of hydrogen-bond acceptors (Lipinski definition) is 2. The minimum atomic E-state index is -0.139. The van der Waals surface area contributed by atoms with Gasteiger partial charge in [0.25, 0.3) is 0 Å². The second-order valence-corrected chi connectivity index (χ2v) is 6.25. The van der Waals surface area contributed by atoms with Gasteiger partial charge in [-0.25, -0.2) is 4.39 Å². The van der Waals surface area contributed by atoms with E-state index in [2.05, 4.69) is 9.80 Å². The van der Waals surface area contributed by atoms with E-state index in [1.807, 2.05) is 12.1 Å². The van der Waals surface area contributed by atoms with Crippen LogP contribution < -0.4 is 0 Å². The summed E-state index contributed by atoms with van der Waals surface area (Å²) in [5.41, 5.74) is 1.23. The fourth-order valence-corrected chi connectivity index (χ4v) is 3.57. The number of halogens is 1. The van der Waals surface area contributed by atoms with Crippen LogP contribution in [0.3, 0.4) is 0 Å². The molecule has 2 nitrogen and oxygen atoms in total. The Balaban J connectivity index is 1.56. The molecular weight excluding hydrogens is 251 g/mol. The molecule has 0 amide bonds. The minimum Gasteiger partial charge on any atom is -0.302 e. The van der Waals surface area contributed by atoms with Gasteiger partial charge in [-0.05, 0) is 63.0 Å². The first-order valence-corrected chi connectivity index (χ1v) is 8.02. The lowest BCUT2D eigenvalue weighted by Gasteiger charge is -2.33. The van der Waals surface area contributed by atoms with E-state index in [0.29, 0.717) is 6.04 Å². The maximum absolute atomic E-state index is 13.0. The summed E-state index contributed by atoms with van der Waals surface area (Å²) in [6, 6.07) is 7.69. The predicted molar refractivity (Wildman–Crippen MR) is 80.1 cm³/mol. The second-order valence-electron chi connectivity index (χ2n) is 6.25. The molecule has 2 aliphatic heterocycles. The van der Waals surface area contributed by atoms with Gasteiger partial charge in [0.1, 0.15) is 5.82 Å². The normalized spacial score (nSPS) is 25.1. The molecule has 1 unspecified atom stereocenters. The smallest absolute Gasteiger partial charge is 0.123 e. The van der Waals surface area contributed by atoms with Crippen LogP contribution >= 0.6 is 0 Å². The number of piperidine rings is 1. The zero-order valence-electron chi connectivity index (χ0n) is 12.2. The third-order valence-electron chi connectivity index (χ3n) is 4.72. The molecule has 2 saturated heterocycles. The number of hydrogen-bond donors (Lipinski definition) is 0. The van der Waals surface area contributed by atoms with Gasteiger partial charge >= 0.3 is 0 Å². The van der Waals surface area contributed by atoms with Gasteiger partial charge in [0.15, 0.2) is 0 Å². The second kappa shape index (κ2) is 6.68. The third-order valence-corrected chi connectivity index (χ3v) is 4.72. The van der Waals surface area contributed by atoms with Crippen molar-refractivity contribution in [2.75, 3.05) is 26.2 Å². The van der Waals surface area contributed by atoms with Crippen LogP contribution in [0.2, 0.25) is 0 Å². The van der Waals surface area contributed by atoms with Crippen molar-refractivity contribution >= 4 is 0 Å². The molecule has 2 fully saturated rings. The Morgan fingerprint density at radius 3 is 2.45 bits per heavy atom. The topological polar surface area (TPSA) is 6.48 Å². The van der Waals surface area contributed by atoms with Crippen molar-refractivity contribution in [1.82, 2.24) is 9.80 Å². The number of likely N-dealkylation sites (tertiary alicyclic amines) is 2. The van der Waals surface area contributed by atoms with E-state index < -0.39 is 0 Å². The molecule has 0 radical (unpaired) electrons. The lowest BCUT2D eigenvalue weighted by Crippen LogP contribution is -2.42. The van der Waals surface area contributed by atoms with Crippen molar-refractivity contribution in [3.05, 3.63) is 35.6 Å². The third kappa shape index (κ3) is 3.58. The van der Waals surface area contributed by atoms with Crippen molar-refractivity contribution in [2.24, 2.45) is 0 Å². The van der Waals surface area contributed by atoms with E-state index in [0.717, 1.165) is 6.54 Å². The maximum atomic E-state index is 13.0. The van der Waals surface area contributed by atoms with Crippen LogP contribution in [-0.4, -0.2) is 42.0 Å². The molecule has 0 aromatic heterocycles. The Morgan fingerprint density at radius 2 is 1.70 bits per heavy atom. The van der Waals surface area contributed by atoms with Gasteiger partial charge in [-0.15, -0.1) is 0 Å². The molecule has 0 aliphatic carbocycles. The van der Waals surface area contributed by atoms with Gasteiger partial charge in [-0.2, -0.15) is 0 Å². The van der Waals surface area contributed by atoms with Crippen molar-refractivity contribution in [3.8, 4) is 0 Å². The Hall–Kier alpha value is -0.930. The highest BCUT2D eigenvalue weighted by Crippen LogP contribution is 2.22. The van der Waals surface area contributed by atoms with Crippen molar-refractivity contribution < 1.29 is 4.39 Å². The van der Waals surface area contributed by atoms with Crippen molar-refractivity contribution in [3.63, 3.8) is 0 Å². The Bertz CT molecular complexity index is 412. The fourth-order valence-electron chi connectivity index (χ4n) is 3.57. The van der Waals surface area contributed by atoms with Gasteiger partial charge in [0, 0.05) is 19.1 Å². The summed E-state index contributed by atoms with van der Waals surface area (Å²) in [4.78, 5) is 5.22. The van der Waals surface area contributed by atoms with Crippen LogP contribution in [0.4, 0.5) is 4.39 Å². The zero-order chi connectivity index (χ0) is 13.8. The van der Waals surface area contributed by atoms with E-state index in [-0.39, 0.29) is 5.82 Å². The molecule has 1 aromatic carbocycles. The number of nitrogens with zero attached hydrogens (tertiary/aromatic N) is 2. The van der Waals surface area contributed by atoms with Gasteiger partial charge in [-0.3, -0.25) is 4.90 Å². The number of benzene rings is 1. The molecule has 2 aliphatic rings. The SMILES string of the molecule is Fc1ccc(CN2CCCC2CN2CCCCC2)cc1. The zero-order valence-corrected chi connectivity index (χ0v) is 12.2. The van der Waals surface area contributed by atoms with E-state index in [1.165, 1.54) is 63.8 Å². The van der Waals surface area contributed by atoms with Crippen LogP contribution in [0.15, 0.2) is 24.3 Å². The summed E-state index contributed by atoms with van der Waals surface area (Å²) in [6.45, 7) is 5.94. The summed E-state index contributed by atoms with van der Waals surface area (Å²) < 4.78 is 13.0. The quantitative estimate of drug-likeness (QED) is 0.832. The van der Waals surface area contributed by atoms with Gasteiger partial charge in [-0.1, -0.05) is 18.6 Å². The summed E-state index contributed by atoms with van der Waals surface area (Å²) in [5.74, 6) is -0.139. The number of rotatable bonds is 4. The Labute approximate surface area is 121 Å². The molecule has 20 heavy (non-hydrogen) atoms. The van der Waals surface area contributed by atoms with Crippen molar-refractivity contribution in [2.45, 2.75) is 44.7 Å². The molecule has 0 spiro atoms. The molecule has 0 saturated carbocycles. The summed E-state index contributed by atoms with van der Waals surface area (Å²) in [6.07, 6.45) is 6.76. The highest BCUT2D eigenvalue weighted by Gasteiger charge is 2.26.